The quantitative estimate of drug-likeness (QED) is 0.326. The van der Waals surface area contributed by atoms with Crippen LogP contribution in [0.25, 0.3) is 6.08 Å². The van der Waals surface area contributed by atoms with Gasteiger partial charge in [-0.2, -0.15) is 4.31 Å². The predicted octanol–water partition coefficient (Wildman–Crippen LogP) is 6.09. The van der Waals surface area contributed by atoms with Crippen molar-refractivity contribution in [3.05, 3.63) is 104 Å². The number of esters is 1. The number of methoxy groups -OCH3 is 1. The van der Waals surface area contributed by atoms with Crippen LogP contribution in [0.3, 0.4) is 0 Å². The molecule has 3 aromatic rings. The van der Waals surface area contributed by atoms with Gasteiger partial charge in [-0.1, -0.05) is 47.0 Å². The summed E-state index contributed by atoms with van der Waals surface area (Å²) in [7, 11) is -2.71. The zero-order valence-electron chi connectivity index (χ0n) is 20.7. The van der Waals surface area contributed by atoms with E-state index in [9.17, 15) is 18.3 Å². The number of ether oxygens (including phenoxy) is 1. The number of nitrogens with zero attached hydrogens (tertiary/aromatic N) is 2. The molecule has 0 unspecified atom stereocenters. The smallest absolute Gasteiger partial charge is 0.343 e. The highest BCUT2D eigenvalue weighted by molar-refractivity contribution is 7.89. The first-order valence-corrected chi connectivity index (χ1v) is 13.6. The van der Waals surface area contributed by atoms with Gasteiger partial charge in [0.1, 0.15) is 22.8 Å². The van der Waals surface area contributed by atoms with Gasteiger partial charge in [0, 0.05) is 12.6 Å². The Kier molecular flexibility index (Phi) is 8.13. The standard InChI is InChI=1S/C27H24Cl2N2O6S/c1-16-4-9-21(10-5-16)38(34,35)31(14-18-6-11-22(28)23(29)12-18)15-20-8-7-19(37-20)13-24-26(32)25(17(2)30-24)27(33)36-3/h4-13,32H,14-15H2,1-3H3/b24-13+. The average molecular weight is 575 g/mol. The van der Waals surface area contributed by atoms with Crippen molar-refractivity contribution in [1.82, 2.24) is 4.31 Å². The van der Waals surface area contributed by atoms with E-state index in [1.165, 1.54) is 17.5 Å². The number of carbonyl (C=O) groups excluding carboxylic acids is 1. The SMILES string of the molecule is COC(=O)C1=C(O)/C(=C\c2ccc(CN(Cc3ccc(Cl)c(Cl)c3)S(=O)(=O)c3ccc(C)cc3)o2)N=C1C. The van der Waals surface area contributed by atoms with E-state index >= 15 is 0 Å². The molecule has 0 saturated carbocycles. The summed E-state index contributed by atoms with van der Waals surface area (Å²) >= 11 is 12.2. The molecule has 1 aliphatic heterocycles. The number of aliphatic imine (C=N–C) groups is 1. The maximum atomic E-state index is 13.6. The summed E-state index contributed by atoms with van der Waals surface area (Å²) in [6.07, 6.45) is 1.45. The van der Waals surface area contributed by atoms with E-state index in [0.29, 0.717) is 32.8 Å². The van der Waals surface area contributed by atoms with Gasteiger partial charge in [-0.05, 0) is 55.8 Å². The minimum atomic E-state index is -3.92. The normalized spacial score (nSPS) is 14.9. The van der Waals surface area contributed by atoms with Crippen molar-refractivity contribution in [1.29, 1.82) is 0 Å². The number of rotatable bonds is 8. The van der Waals surface area contributed by atoms with Crippen molar-refractivity contribution in [2.45, 2.75) is 31.8 Å². The van der Waals surface area contributed by atoms with Crippen molar-refractivity contribution in [2.24, 2.45) is 4.99 Å². The fourth-order valence-corrected chi connectivity index (χ4v) is 5.54. The average Bonchev–Trinajstić information content (AvgIpc) is 3.43. The van der Waals surface area contributed by atoms with E-state index in [2.05, 4.69) is 4.99 Å². The van der Waals surface area contributed by atoms with Gasteiger partial charge in [-0.15, -0.1) is 0 Å². The van der Waals surface area contributed by atoms with Crippen molar-refractivity contribution in [3.63, 3.8) is 0 Å². The lowest BCUT2D eigenvalue weighted by Crippen LogP contribution is -2.30. The predicted molar refractivity (Wildman–Crippen MR) is 146 cm³/mol. The molecule has 0 bridgehead atoms. The molecule has 0 amide bonds. The highest BCUT2D eigenvalue weighted by atomic mass is 35.5. The number of aliphatic hydroxyl groups is 1. The van der Waals surface area contributed by atoms with Crippen LogP contribution in [-0.4, -0.2) is 36.6 Å². The second-order valence-electron chi connectivity index (χ2n) is 8.58. The van der Waals surface area contributed by atoms with Crippen LogP contribution < -0.4 is 0 Å². The monoisotopic (exact) mass is 574 g/mol. The van der Waals surface area contributed by atoms with Gasteiger partial charge in [-0.3, -0.25) is 0 Å². The largest absolute Gasteiger partial charge is 0.505 e. The Bertz CT molecular complexity index is 1590. The van der Waals surface area contributed by atoms with Crippen LogP contribution in [0.15, 0.2) is 85.9 Å². The van der Waals surface area contributed by atoms with Crippen LogP contribution in [0.2, 0.25) is 10.0 Å². The lowest BCUT2D eigenvalue weighted by Gasteiger charge is -2.22. The minimum absolute atomic E-state index is 0.0136. The van der Waals surface area contributed by atoms with Crippen LogP contribution in [0.5, 0.6) is 0 Å². The molecular formula is C27H24Cl2N2O6S. The van der Waals surface area contributed by atoms with E-state index in [-0.39, 0.29) is 35.0 Å². The van der Waals surface area contributed by atoms with Gasteiger partial charge in [0.05, 0.1) is 34.3 Å². The highest BCUT2D eigenvalue weighted by Gasteiger charge is 2.28. The first-order chi connectivity index (χ1) is 18.0. The van der Waals surface area contributed by atoms with Crippen LogP contribution in [0.4, 0.5) is 0 Å². The van der Waals surface area contributed by atoms with E-state index in [1.54, 1.807) is 61.5 Å². The maximum absolute atomic E-state index is 13.6. The van der Waals surface area contributed by atoms with Gasteiger partial charge in [0.2, 0.25) is 10.0 Å². The van der Waals surface area contributed by atoms with Crippen LogP contribution >= 0.6 is 23.2 Å². The third-order valence-corrected chi connectivity index (χ3v) is 8.36. The minimum Gasteiger partial charge on any atom is -0.505 e. The summed E-state index contributed by atoms with van der Waals surface area (Å²) in [5, 5.41) is 11.1. The van der Waals surface area contributed by atoms with E-state index in [1.807, 2.05) is 6.92 Å². The number of halogens is 2. The van der Waals surface area contributed by atoms with E-state index in [4.69, 9.17) is 32.4 Å². The molecule has 0 saturated heterocycles. The zero-order chi connectivity index (χ0) is 27.6. The number of sulfonamides is 1. The summed E-state index contributed by atoms with van der Waals surface area (Å²) in [4.78, 5) is 16.3. The van der Waals surface area contributed by atoms with Gasteiger partial charge >= 0.3 is 5.97 Å². The van der Waals surface area contributed by atoms with Crippen molar-refractivity contribution in [2.75, 3.05) is 7.11 Å². The summed E-state index contributed by atoms with van der Waals surface area (Å²) in [6.45, 7) is 3.38. The van der Waals surface area contributed by atoms with Gasteiger partial charge < -0.3 is 14.3 Å². The number of hydrogen-bond acceptors (Lipinski definition) is 7. The number of carbonyl (C=O) groups is 1. The van der Waals surface area contributed by atoms with Crippen LogP contribution in [0.1, 0.15) is 29.6 Å². The Labute approximate surface area is 230 Å². The van der Waals surface area contributed by atoms with Gasteiger partial charge in [-0.25, -0.2) is 18.2 Å². The number of furan rings is 1. The molecule has 0 atom stereocenters. The number of benzene rings is 2. The lowest BCUT2D eigenvalue weighted by molar-refractivity contribution is -0.135. The van der Waals surface area contributed by atoms with Gasteiger partial charge in [0.15, 0.2) is 5.76 Å². The van der Waals surface area contributed by atoms with Crippen molar-refractivity contribution in [3.8, 4) is 0 Å². The first-order valence-electron chi connectivity index (χ1n) is 11.4. The second-order valence-corrected chi connectivity index (χ2v) is 11.3. The number of hydrogen-bond donors (Lipinski definition) is 1. The van der Waals surface area contributed by atoms with Gasteiger partial charge in [0.25, 0.3) is 0 Å². The summed E-state index contributed by atoms with van der Waals surface area (Å²) in [5.74, 6) is -0.364. The molecule has 198 valence electrons. The molecule has 0 aliphatic carbocycles. The molecule has 1 aliphatic rings. The Morgan fingerprint density at radius 1 is 1.05 bits per heavy atom. The summed E-state index contributed by atoms with van der Waals surface area (Å²) in [6, 6.07) is 14.8. The molecule has 1 aromatic heterocycles. The Hall–Kier alpha value is -3.37. The summed E-state index contributed by atoms with van der Waals surface area (Å²) < 4.78 is 39.1. The molecule has 2 aromatic carbocycles. The Balaban J connectivity index is 1.65. The molecule has 8 nitrogen and oxygen atoms in total. The van der Waals surface area contributed by atoms with Crippen LogP contribution in [0, 0.1) is 6.92 Å². The molecule has 0 radical (unpaired) electrons. The van der Waals surface area contributed by atoms with E-state index < -0.39 is 16.0 Å². The zero-order valence-corrected chi connectivity index (χ0v) is 23.1. The van der Waals surface area contributed by atoms with Crippen molar-refractivity contribution >= 4 is 51.0 Å². The van der Waals surface area contributed by atoms with E-state index in [0.717, 1.165) is 5.56 Å². The molecule has 0 fully saturated rings. The molecule has 38 heavy (non-hydrogen) atoms. The third kappa shape index (κ3) is 5.86. The molecular weight excluding hydrogens is 551 g/mol. The topological polar surface area (TPSA) is 109 Å². The highest BCUT2D eigenvalue weighted by Crippen LogP contribution is 2.29. The fraction of sp³-hybridized carbons (Fsp3) is 0.185. The third-order valence-electron chi connectivity index (χ3n) is 5.81. The van der Waals surface area contributed by atoms with Crippen molar-refractivity contribution < 1.29 is 27.5 Å². The second kappa shape index (κ2) is 11.2. The molecule has 4 rings (SSSR count). The molecule has 11 heteroatoms. The maximum Gasteiger partial charge on any atom is 0.343 e. The first kappa shape index (κ1) is 27.7. The molecule has 0 spiro atoms. The Morgan fingerprint density at radius 2 is 1.76 bits per heavy atom. The Morgan fingerprint density at radius 3 is 2.42 bits per heavy atom. The fourth-order valence-electron chi connectivity index (χ4n) is 3.83. The number of aryl methyl sites for hydroxylation is 1. The van der Waals surface area contributed by atoms with Crippen LogP contribution in [-0.2, 0) is 32.6 Å². The lowest BCUT2D eigenvalue weighted by atomic mass is 10.1. The molecule has 2 heterocycles. The molecule has 1 N–H and O–H groups in total. The number of aliphatic hydroxyl groups excluding tert-OH is 1. The summed E-state index contributed by atoms with van der Waals surface area (Å²) in [5.41, 5.74) is 1.99.